The lowest BCUT2D eigenvalue weighted by Gasteiger charge is -2.34. The minimum Gasteiger partial charge on any atom is -0.375 e. The first kappa shape index (κ1) is 15.0. The maximum atomic E-state index is 6.00. The zero-order chi connectivity index (χ0) is 13.0. The quantitative estimate of drug-likeness (QED) is 0.769. The summed E-state index contributed by atoms with van der Waals surface area (Å²) in [5.41, 5.74) is 0. The van der Waals surface area contributed by atoms with Crippen LogP contribution in [-0.2, 0) is 4.74 Å². The van der Waals surface area contributed by atoms with Crippen LogP contribution in [0.25, 0.3) is 0 Å². The van der Waals surface area contributed by atoms with Gasteiger partial charge < -0.3 is 10.1 Å². The topological polar surface area (TPSA) is 21.3 Å². The Balaban J connectivity index is 2.74. The molecule has 2 heteroatoms. The molecule has 1 aliphatic rings. The molecule has 1 aliphatic heterocycles. The van der Waals surface area contributed by atoms with Crippen molar-refractivity contribution in [1.82, 2.24) is 5.32 Å². The molecular formula is C15H31NO. The van der Waals surface area contributed by atoms with E-state index in [1.165, 1.54) is 12.8 Å². The highest BCUT2D eigenvalue weighted by Crippen LogP contribution is 2.37. The van der Waals surface area contributed by atoms with Gasteiger partial charge in [0.2, 0.25) is 0 Å². The summed E-state index contributed by atoms with van der Waals surface area (Å²) < 4.78 is 6.00. The molecule has 1 saturated heterocycles. The van der Waals surface area contributed by atoms with Gasteiger partial charge in [0.15, 0.2) is 0 Å². The number of hydrogen-bond donors (Lipinski definition) is 1. The lowest BCUT2D eigenvalue weighted by atomic mass is 9.77. The SMILES string of the molecule is CCCNC(C(C)CC)C1C(C)OC(C)C1C. The average molecular weight is 241 g/mol. The van der Waals surface area contributed by atoms with Crippen molar-refractivity contribution < 1.29 is 4.74 Å². The Morgan fingerprint density at radius 2 is 1.76 bits per heavy atom. The van der Waals surface area contributed by atoms with Crippen molar-refractivity contribution in [3.8, 4) is 0 Å². The Labute approximate surface area is 108 Å². The van der Waals surface area contributed by atoms with Crippen LogP contribution < -0.4 is 5.32 Å². The van der Waals surface area contributed by atoms with Crippen LogP contribution >= 0.6 is 0 Å². The first-order valence-corrected chi connectivity index (χ1v) is 7.41. The molecule has 102 valence electrons. The molecule has 0 aliphatic carbocycles. The van der Waals surface area contributed by atoms with Crippen LogP contribution in [-0.4, -0.2) is 24.8 Å². The molecule has 6 atom stereocenters. The summed E-state index contributed by atoms with van der Waals surface area (Å²) in [5, 5.41) is 3.76. The number of hydrogen-bond acceptors (Lipinski definition) is 2. The maximum Gasteiger partial charge on any atom is 0.0597 e. The van der Waals surface area contributed by atoms with Gasteiger partial charge in [-0.25, -0.2) is 0 Å². The molecule has 0 saturated carbocycles. The van der Waals surface area contributed by atoms with Gasteiger partial charge in [-0.05, 0) is 38.6 Å². The highest BCUT2D eigenvalue weighted by atomic mass is 16.5. The Morgan fingerprint density at radius 3 is 2.18 bits per heavy atom. The summed E-state index contributed by atoms with van der Waals surface area (Å²) in [4.78, 5) is 0. The molecule has 0 bridgehead atoms. The molecule has 17 heavy (non-hydrogen) atoms. The Hall–Kier alpha value is -0.0800. The van der Waals surface area contributed by atoms with Crippen LogP contribution in [0.3, 0.4) is 0 Å². The van der Waals surface area contributed by atoms with Gasteiger partial charge in [-0.2, -0.15) is 0 Å². The van der Waals surface area contributed by atoms with Gasteiger partial charge in [0.25, 0.3) is 0 Å². The fraction of sp³-hybridized carbons (Fsp3) is 1.00. The molecular weight excluding hydrogens is 210 g/mol. The molecule has 0 spiro atoms. The van der Waals surface area contributed by atoms with Crippen LogP contribution in [0.1, 0.15) is 54.4 Å². The van der Waals surface area contributed by atoms with E-state index in [4.69, 9.17) is 4.74 Å². The lowest BCUT2D eigenvalue weighted by Crippen LogP contribution is -2.46. The molecule has 2 nitrogen and oxygen atoms in total. The molecule has 0 aromatic rings. The van der Waals surface area contributed by atoms with Gasteiger partial charge in [-0.3, -0.25) is 0 Å². The van der Waals surface area contributed by atoms with E-state index in [0.717, 1.165) is 12.5 Å². The second-order valence-corrected chi connectivity index (χ2v) is 5.85. The molecule has 1 fully saturated rings. The van der Waals surface area contributed by atoms with E-state index in [0.29, 0.717) is 30.1 Å². The molecule has 0 radical (unpaired) electrons. The Morgan fingerprint density at radius 1 is 1.12 bits per heavy atom. The smallest absolute Gasteiger partial charge is 0.0597 e. The van der Waals surface area contributed by atoms with Gasteiger partial charge in [0.1, 0.15) is 0 Å². The molecule has 0 aromatic carbocycles. The Kier molecular flexibility index (Phi) is 5.94. The summed E-state index contributed by atoms with van der Waals surface area (Å²) in [6.07, 6.45) is 3.25. The van der Waals surface area contributed by atoms with Crippen molar-refractivity contribution in [1.29, 1.82) is 0 Å². The van der Waals surface area contributed by atoms with Crippen LogP contribution in [0, 0.1) is 17.8 Å². The molecule has 1 N–H and O–H groups in total. The third-order valence-corrected chi connectivity index (χ3v) is 4.62. The van der Waals surface area contributed by atoms with Gasteiger partial charge in [0, 0.05) is 12.0 Å². The third-order valence-electron chi connectivity index (χ3n) is 4.62. The highest BCUT2D eigenvalue weighted by molar-refractivity contribution is 4.93. The predicted molar refractivity (Wildman–Crippen MR) is 74.2 cm³/mol. The lowest BCUT2D eigenvalue weighted by molar-refractivity contribution is 0.0447. The van der Waals surface area contributed by atoms with Crippen molar-refractivity contribution in [2.45, 2.75) is 72.6 Å². The molecule has 6 unspecified atom stereocenters. The molecule has 0 aromatic heterocycles. The first-order chi connectivity index (χ1) is 8.02. The number of ether oxygens (including phenoxy) is 1. The predicted octanol–water partition coefficient (Wildman–Crippen LogP) is 3.46. The summed E-state index contributed by atoms with van der Waals surface area (Å²) >= 11 is 0. The van der Waals surface area contributed by atoms with E-state index in [9.17, 15) is 0 Å². The zero-order valence-corrected chi connectivity index (χ0v) is 12.5. The summed E-state index contributed by atoms with van der Waals surface area (Å²) in [7, 11) is 0. The van der Waals surface area contributed by atoms with E-state index < -0.39 is 0 Å². The standard InChI is InChI=1S/C15H31NO/c1-7-9-16-15(10(3)8-2)14-11(4)12(5)17-13(14)6/h10-16H,7-9H2,1-6H3. The summed E-state index contributed by atoms with van der Waals surface area (Å²) in [6.45, 7) is 14.8. The second-order valence-electron chi connectivity index (χ2n) is 5.85. The van der Waals surface area contributed by atoms with Crippen LogP contribution in [0.2, 0.25) is 0 Å². The number of rotatable bonds is 6. The van der Waals surface area contributed by atoms with E-state index in [1.54, 1.807) is 0 Å². The van der Waals surface area contributed by atoms with Crippen molar-refractivity contribution in [3.63, 3.8) is 0 Å². The normalized spacial score (nSPS) is 37.1. The van der Waals surface area contributed by atoms with E-state index in [1.807, 2.05) is 0 Å². The van der Waals surface area contributed by atoms with Crippen LogP contribution in [0.4, 0.5) is 0 Å². The second kappa shape index (κ2) is 6.75. The number of nitrogens with one attached hydrogen (secondary N) is 1. The van der Waals surface area contributed by atoms with Crippen molar-refractivity contribution in [2.75, 3.05) is 6.54 Å². The maximum absolute atomic E-state index is 6.00. The molecule has 0 amide bonds. The fourth-order valence-corrected chi connectivity index (χ4v) is 3.19. The monoisotopic (exact) mass is 241 g/mol. The van der Waals surface area contributed by atoms with Crippen molar-refractivity contribution in [3.05, 3.63) is 0 Å². The van der Waals surface area contributed by atoms with Crippen molar-refractivity contribution in [2.24, 2.45) is 17.8 Å². The zero-order valence-electron chi connectivity index (χ0n) is 12.5. The summed E-state index contributed by atoms with van der Waals surface area (Å²) in [5.74, 6) is 2.05. The molecule has 1 heterocycles. The minimum absolute atomic E-state index is 0.392. The van der Waals surface area contributed by atoms with Gasteiger partial charge in [-0.1, -0.05) is 34.1 Å². The Bertz CT molecular complexity index is 219. The van der Waals surface area contributed by atoms with Gasteiger partial charge in [-0.15, -0.1) is 0 Å². The van der Waals surface area contributed by atoms with E-state index in [-0.39, 0.29) is 0 Å². The van der Waals surface area contributed by atoms with E-state index in [2.05, 4.69) is 46.9 Å². The third kappa shape index (κ3) is 3.45. The van der Waals surface area contributed by atoms with Crippen LogP contribution in [0.5, 0.6) is 0 Å². The first-order valence-electron chi connectivity index (χ1n) is 7.41. The average Bonchev–Trinajstić information content (AvgIpc) is 2.55. The van der Waals surface area contributed by atoms with Gasteiger partial charge >= 0.3 is 0 Å². The summed E-state index contributed by atoms with van der Waals surface area (Å²) in [6, 6.07) is 0.606. The van der Waals surface area contributed by atoms with E-state index >= 15 is 0 Å². The van der Waals surface area contributed by atoms with Crippen LogP contribution in [0.15, 0.2) is 0 Å². The fourth-order valence-electron chi connectivity index (χ4n) is 3.19. The molecule has 1 rings (SSSR count). The van der Waals surface area contributed by atoms with Crippen molar-refractivity contribution >= 4 is 0 Å². The van der Waals surface area contributed by atoms with Gasteiger partial charge in [0.05, 0.1) is 12.2 Å². The highest BCUT2D eigenvalue weighted by Gasteiger charge is 2.42. The minimum atomic E-state index is 0.392. The largest absolute Gasteiger partial charge is 0.375 e.